The molecule has 11 heteroatoms. The van der Waals surface area contributed by atoms with E-state index in [2.05, 4.69) is 37.6 Å². The van der Waals surface area contributed by atoms with Gasteiger partial charge < -0.3 is 19.4 Å². The first-order chi connectivity index (χ1) is 17.3. The van der Waals surface area contributed by atoms with Gasteiger partial charge in [-0.1, -0.05) is 0 Å². The minimum absolute atomic E-state index is 0.143. The number of fused-ring (bicyclic) bond motifs is 1. The molecule has 2 fully saturated rings. The van der Waals surface area contributed by atoms with Gasteiger partial charge in [-0.05, 0) is 50.2 Å². The molecule has 0 N–H and O–H groups in total. The number of amides is 1. The highest BCUT2D eigenvalue weighted by Gasteiger charge is 2.31. The van der Waals surface area contributed by atoms with E-state index in [1.165, 1.54) is 12.1 Å². The molecule has 0 radical (unpaired) electrons. The Morgan fingerprint density at radius 2 is 1.67 bits per heavy atom. The predicted octanol–water partition coefficient (Wildman–Crippen LogP) is 3.70. The number of hydrogen-bond donors (Lipinski definition) is 0. The van der Waals surface area contributed by atoms with Crippen LogP contribution in [0.4, 0.5) is 18.9 Å². The van der Waals surface area contributed by atoms with E-state index in [-0.39, 0.29) is 17.6 Å². The van der Waals surface area contributed by atoms with Gasteiger partial charge in [0.15, 0.2) is 0 Å². The number of aromatic nitrogens is 3. The Morgan fingerprint density at radius 1 is 0.972 bits per heavy atom. The molecular weight excluding hydrogens is 473 g/mol. The number of pyridine rings is 1. The first-order valence-corrected chi connectivity index (χ1v) is 12.0. The van der Waals surface area contributed by atoms with Crippen LogP contribution in [0.5, 0.6) is 5.75 Å². The number of benzene rings is 1. The van der Waals surface area contributed by atoms with Gasteiger partial charge in [0.1, 0.15) is 17.6 Å². The monoisotopic (exact) mass is 500 g/mol. The lowest BCUT2D eigenvalue weighted by atomic mass is 9.92. The first kappa shape index (κ1) is 24.2. The van der Waals surface area contributed by atoms with Crippen LogP contribution in [0.15, 0.2) is 42.9 Å². The largest absolute Gasteiger partial charge is 0.573 e. The van der Waals surface area contributed by atoms with E-state index >= 15 is 0 Å². The van der Waals surface area contributed by atoms with Crippen LogP contribution < -0.4 is 9.64 Å². The lowest BCUT2D eigenvalue weighted by Gasteiger charge is -2.34. The van der Waals surface area contributed by atoms with Crippen molar-refractivity contribution in [2.75, 3.05) is 51.2 Å². The maximum atomic E-state index is 12.9. The maximum absolute atomic E-state index is 12.9. The number of likely N-dealkylation sites (N-methyl/N-ethyl adjacent to an activating group) is 1. The molecule has 0 spiro atoms. The highest BCUT2D eigenvalue weighted by Crippen LogP contribution is 2.32. The molecule has 8 nitrogen and oxygen atoms in total. The lowest BCUT2D eigenvalue weighted by molar-refractivity contribution is -0.274. The number of hydrogen-bond acceptors (Lipinski definition) is 7. The van der Waals surface area contributed by atoms with Crippen molar-refractivity contribution in [2.45, 2.75) is 25.1 Å². The second-order valence-corrected chi connectivity index (χ2v) is 9.25. The zero-order valence-corrected chi connectivity index (χ0v) is 19.9. The summed E-state index contributed by atoms with van der Waals surface area (Å²) in [6, 6.07) is 7.10. The molecule has 1 aromatic carbocycles. The fraction of sp³-hybridized carbons (Fsp3) is 0.440. The van der Waals surface area contributed by atoms with Crippen molar-refractivity contribution in [1.82, 2.24) is 24.8 Å². The Kier molecular flexibility index (Phi) is 6.65. The van der Waals surface area contributed by atoms with Gasteiger partial charge in [0.25, 0.3) is 5.91 Å². The molecule has 0 unspecified atom stereocenters. The molecule has 36 heavy (non-hydrogen) atoms. The van der Waals surface area contributed by atoms with Crippen LogP contribution in [-0.2, 0) is 0 Å². The Hall–Kier alpha value is -3.47. The number of piperidine rings is 1. The topological polar surface area (TPSA) is 74.7 Å². The van der Waals surface area contributed by atoms with Crippen LogP contribution in [0.1, 0.15) is 34.8 Å². The van der Waals surface area contributed by atoms with E-state index in [1.54, 1.807) is 11.2 Å². The minimum atomic E-state index is -4.76. The van der Waals surface area contributed by atoms with Crippen molar-refractivity contribution in [2.24, 2.45) is 0 Å². The van der Waals surface area contributed by atoms with Crippen molar-refractivity contribution < 1.29 is 22.7 Å². The number of anilines is 1. The summed E-state index contributed by atoms with van der Waals surface area (Å²) >= 11 is 0. The minimum Gasteiger partial charge on any atom is -0.406 e. The average Bonchev–Trinajstić information content (AvgIpc) is 2.88. The first-order valence-electron chi connectivity index (χ1n) is 12.0. The van der Waals surface area contributed by atoms with Crippen LogP contribution in [0.25, 0.3) is 11.0 Å². The maximum Gasteiger partial charge on any atom is 0.573 e. The van der Waals surface area contributed by atoms with Gasteiger partial charge in [0.2, 0.25) is 0 Å². The molecule has 2 aliphatic rings. The van der Waals surface area contributed by atoms with Crippen molar-refractivity contribution in [3.05, 3.63) is 54.1 Å². The molecule has 4 heterocycles. The van der Waals surface area contributed by atoms with Crippen LogP contribution in [0.3, 0.4) is 0 Å². The molecule has 0 atom stereocenters. The summed E-state index contributed by atoms with van der Waals surface area (Å²) in [7, 11) is 2.12. The normalized spacial score (nSPS) is 18.0. The molecule has 3 aromatic rings. The van der Waals surface area contributed by atoms with Gasteiger partial charge in [0.05, 0.1) is 23.1 Å². The molecule has 2 aromatic heterocycles. The summed E-state index contributed by atoms with van der Waals surface area (Å²) in [4.78, 5) is 33.0. The van der Waals surface area contributed by atoms with Gasteiger partial charge >= 0.3 is 6.36 Å². The summed E-state index contributed by atoms with van der Waals surface area (Å²) in [5, 5.41) is 0. The Labute approximate surface area is 206 Å². The van der Waals surface area contributed by atoms with Crippen LogP contribution in [0, 0.1) is 0 Å². The van der Waals surface area contributed by atoms with Gasteiger partial charge in [-0.2, -0.15) is 0 Å². The quantitative estimate of drug-likeness (QED) is 0.541. The van der Waals surface area contributed by atoms with Crippen LogP contribution in [0.2, 0.25) is 0 Å². The summed E-state index contributed by atoms with van der Waals surface area (Å²) in [6.07, 6.45) is 0.143. The smallest absolute Gasteiger partial charge is 0.406 e. The zero-order valence-electron chi connectivity index (χ0n) is 19.9. The van der Waals surface area contributed by atoms with Crippen molar-refractivity contribution in [3.63, 3.8) is 0 Å². The molecule has 0 saturated carbocycles. The number of piperazine rings is 1. The number of carbonyl (C=O) groups excluding carboxylic acids is 1. The third-order valence-corrected chi connectivity index (χ3v) is 6.86. The van der Waals surface area contributed by atoms with Gasteiger partial charge in [-0.15, -0.1) is 13.2 Å². The summed E-state index contributed by atoms with van der Waals surface area (Å²) in [6.45, 7) is 4.97. The fourth-order valence-electron chi connectivity index (χ4n) is 4.83. The Balaban J connectivity index is 1.24. The third kappa shape index (κ3) is 5.35. The van der Waals surface area contributed by atoms with E-state index in [1.807, 2.05) is 6.20 Å². The van der Waals surface area contributed by atoms with E-state index < -0.39 is 6.36 Å². The van der Waals surface area contributed by atoms with E-state index in [4.69, 9.17) is 4.98 Å². The van der Waals surface area contributed by atoms with E-state index in [0.29, 0.717) is 18.7 Å². The SMILES string of the molecule is CN1CCN(c2cnc3c(C4CCN(C(=O)c5ccc(OC(F)(F)F)cc5)CC4)ncnc3c2)CC1. The molecule has 190 valence electrons. The van der Waals surface area contributed by atoms with Crippen molar-refractivity contribution in [1.29, 1.82) is 0 Å². The average molecular weight is 501 g/mol. The summed E-state index contributed by atoms with van der Waals surface area (Å²) < 4.78 is 41.0. The molecular formula is C25H27F3N6O2. The number of carbonyl (C=O) groups is 1. The molecule has 2 saturated heterocycles. The van der Waals surface area contributed by atoms with Gasteiger partial charge in [-0.25, -0.2) is 9.97 Å². The fourth-order valence-corrected chi connectivity index (χ4v) is 4.83. The Morgan fingerprint density at radius 3 is 2.33 bits per heavy atom. The summed E-state index contributed by atoms with van der Waals surface area (Å²) in [5.74, 6) is -0.421. The second kappa shape index (κ2) is 9.88. The van der Waals surface area contributed by atoms with Crippen molar-refractivity contribution in [3.8, 4) is 5.75 Å². The number of likely N-dealkylation sites (tertiary alicyclic amines) is 1. The van der Waals surface area contributed by atoms with E-state index in [0.717, 1.165) is 73.6 Å². The molecule has 1 amide bonds. The van der Waals surface area contributed by atoms with Crippen LogP contribution >= 0.6 is 0 Å². The second-order valence-electron chi connectivity index (χ2n) is 9.25. The number of halogens is 3. The molecule has 5 rings (SSSR count). The van der Waals surface area contributed by atoms with Gasteiger partial charge in [-0.3, -0.25) is 9.78 Å². The lowest BCUT2D eigenvalue weighted by Crippen LogP contribution is -2.44. The highest BCUT2D eigenvalue weighted by atomic mass is 19.4. The standard InChI is InChI=1S/C25H27F3N6O2/c1-32-10-12-33(13-11-32)19-14-21-23(29-15-19)22(31-16-30-21)17-6-8-34(9-7-17)24(35)18-2-4-20(5-3-18)36-25(26,27)28/h2-5,14-17H,6-13H2,1H3. The zero-order chi connectivity index (χ0) is 25.3. The van der Waals surface area contributed by atoms with Gasteiger partial charge in [0, 0.05) is 50.7 Å². The predicted molar refractivity (Wildman–Crippen MR) is 128 cm³/mol. The Bertz CT molecular complexity index is 1220. The number of alkyl halides is 3. The van der Waals surface area contributed by atoms with E-state index in [9.17, 15) is 18.0 Å². The van der Waals surface area contributed by atoms with Crippen molar-refractivity contribution >= 4 is 22.6 Å². The van der Waals surface area contributed by atoms with Crippen LogP contribution in [-0.4, -0.2) is 83.3 Å². The number of ether oxygens (including phenoxy) is 1. The highest BCUT2D eigenvalue weighted by molar-refractivity contribution is 5.94. The molecule has 0 aliphatic carbocycles. The number of nitrogens with zero attached hydrogens (tertiary/aromatic N) is 6. The third-order valence-electron chi connectivity index (χ3n) is 6.86. The molecule has 0 bridgehead atoms. The number of rotatable bonds is 4. The summed E-state index contributed by atoms with van der Waals surface area (Å²) in [5.41, 5.74) is 3.89. The molecule has 2 aliphatic heterocycles.